The lowest BCUT2D eigenvalue weighted by Crippen LogP contribution is -1.87. The van der Waals surface area contributed by atoms with Crippen LogP contribution in [0.4, 0.5) is 5.88 Å². The number of rotatable bonds is 2. The van der Waals surface area contributed by atoms with Gasteiger partial charge in [0.05, 0.1) is 6.07 Å². The summed E-state index contributed by atoms with van der Waals surface area (Å²) in [4.78, 5) is 9.42. The van der Waals surface area contributed by atoms with Crippen molar-refractivity contribution in [2.24, 2.45) is 0 Å². The molecule has 1 rings (SSSR count). The first-order valence-electron chi connectivity index (χ1n) is 3.03. The van der Waals surface area contributed by atoms with Crippen molar-refractivity contribution < 1.29 is 14.4 Å². The van der Waals surface area contributed by atoms with Gasteiger partial charge in [-0.3, -0.25) is 10.1 Å². The van der Waals surface area contributed by atoms with Gasteiger partial charge in [0.25, 0.3) is 0 Å². The Morgan fingerprint density at radius 2 is 2.36 bits per heavy atom. The number of hydrogen-bond acceptors (Lipinski definition) is 4. The van der Waals surface area contributed by atoms with Gasteiger partial charge in [-0.25, -0.2) is 0 Å². The van der Waals surface area contributed by atoms with E-state index in [2.05, 4.69) is 4.42 Å². The fourth-order valence-electron chi connectivity index (χ4n) is 0.665. The zero-order valence-electron chi connectivity index (χ0n) is 5.85. The maximum atomic E-state index is 10.1. The largest absolute Gasteiger partial charge is 0.433 e. The molecule has 0 fully saturated rings. The van der Waals surface area contributed by atoms with Gasteiger partial charge in [0.15, 0.2) is 0 Å². The average Bonchev–Trinajstić information content (AvgIpc) is 2.33. The van der Waals surface area contributed by atoms with E-state index in [4.69, 9.17) is 5.11 Å². The summed E-state index contributed by atoms with van der Waals surface area (Å²) in [7, 11) is 0. The van der Waals surface area contributed by atoms with Gasteiger partial charge in [0.2, 0.25) is 0 Å². The van der Waals surface area contributed by atoms with Crippen LogP contribution < -0.4 is 0 Å². The maximum absolute atomic E-state index is 10.1. The van der Waals surface area contributed by atoms with E-state index in [1.54, 1.807) is 0 Å². The van der Waals surface area contributed by atoms with E-state index in [0.29, 0.717) is 0 Å². The minimum atomic E-state index is -0.802. The second kappa shape index (κ2) is 2.71. The second-order valence-electron chi connectivity index (χ2n) is 2.11. The van der Waals surface area contributed by atoms with Crippen molar-refractivity contribution in [3.8, 4) is 0 Å². The predicted octanol–water partition coefficient (Wildman–Crippen LogP) is 1.24. The molecule has 0 aromatic carbocycles. The molecule has 0 bridgehead atoms. The van der Waals surface area contributed by atoms with Crippen molar-refractivity contribution >= 4 is 5.88 Å². The van der Waals surface area contributed by atoms with E-state index < -0.39 is 11.0 Å². The zero-order valence-corrected chi connectivity index (χ0v) is 5.85. The molecule has 1 aromatic heterocycles. The third-order valence-corrected chi connectivity index (χ3v) is 1.20. The normalized spacial score (nSPS) is 12.9. The Bertz CT molecular complexity index is 265. The summed E-state index contributed by atoms with van der Waals surface area (Å²) in [6.45, 7) is 1.47. The molecule has 0 saturated heterocycles. The van der Waals surface area contributed by atoms with Crippen molar-refractivity contribution in [2.75, 3.05) is 0 Å². The van der Waals surface area contributed by atoms with Gasteiger partial charge in [-0.1, -0.05) is 0 Å². The fourth-order valence-corrected chi connectivity index (χ4v) is 0.665. The lowest BCUT2D eigenvalue weighted by Gasteiger charge is -1.94. The highest BCUT2D eigenvalue weighted by atomic mass is 16.6. The van der Waals surface area contributed by atoms with Crippen LogP contribution >= 0.6 is 0 Å². The quantitative estimate of drug-likeness (QED) is 0.517. The van der Waals surface area contributed by atoms with Gasteiger partial charge in [0.1, 0.15) is 16.8 Å². The monoisotopic (exact) mass is 157 g/mol. The van der Waals surface area contributed by atoms with Crippen LogP contribution in [-0.4, -0.2) is 10.0 Å². The Morgan fingerprint density at radius 1 is 1.73 bits per heavy atom. The first kappa shape index (κ1) is 7.74. The Hall–Kier alpha value is -1.36. The van der Waals surface area contributed by atoms with Crippen LogP contribution in [0.5, 0.6) is 0 Å². The molecule has 0 unspecified atom stereocenters. The van der Waals surface area contributed by atoms with Crippen molar-refractivity contribution in [3.05, 3.63) is 28.0 Å². The molecule has 0 aliphatic heterocycles. The Morgan fingerprint density at radius 3 is 2.64 bits per heavy atom. The summed E-state index contributed by atoms with van der Waals surface area (Å²) in [6, 6.07) is 2.59. The smallest absolute Gasteiger partial charge is 0.403 e. The lowest BCUT2D eigenvalue weighted by molar-refractivity contribution is -0.402. The number of hydrogen-bond donors (Lipinski definition) is 1. The summed E-state index contributed by atoms with van der Waals surface area (Å²) in [6.07, 6.45) is -0.802. The van der Waals surface area contributed by atoms with E-state index in [9.17, 15) is 10.1 Å². The molecule has 0 aliphatic rings. The number of furan rings is 1. The van der Waals surface area contributed by atoms with E-state index in [1.807, 2.05) is 0 Å². The molecule has 11 heavy (non-hydrogen) atoms. The molecule has 0 aliphatic carbocycles. The Balaban J connectivity index is 2.90. The molecule has 0 radical (unpaired) electrons. The van der Waals surface area contributed by atoms with E-state index in [1.165, 1.54) is 19.1 Å². The lowest BCUT2D eigenvalue weighted by atomic mass is 10.3. The summed E-state index contributed by atoms with van der Waals surface area (Å²) in [5.74, 6) is -0.141. The molecule has 60 valence electrons. The minimum Gasteiger partial charge on any atom is -0.403 e. The highest BCUT2D eigenvalue weighted by Gasteiger charge is 2.13. The Labute approximate surface area is 62.4 Å². The molecule has 0 amide bonds. The van der Waals surface area contributed by atoms with E-state index >= 15 is 0 Å². The minimum absolute atomic E-state index is 0.205. The first-order valence-corrected chi connectivity index (χ1v) is 3.03. The predicted molar refractivity (Wildman–Crippen MR) is 36.0 cm³/mol. The van der Waals surface area contributed by atoms with Gasteiger partial charge in [0, 0.05) is 0 Å². The third-order valence-electron chi connectivity index (χ3n) is 1.20. The van der Waals surface area contributed by atoms with Crippen molar-refractivity contribution in [2.45, 2.75) is 13.0 Å². The molecule has 0 saturated carbocycles. The van der Waals surface area contributed by atoms with Crippen LogP contribution in [0.25, 0.3) is 0 Å². The van der Waals surface area contributed by atoms with Crippen LogP contribution in [0.1, 0.15) is 18.8 Å². The van der Waals surface area contributed by atoms with Crippen LogP contribution in [0.15, 0.2) is 16.5 Å². The number of aliphatic hydroxyl groups excluding tert-OH is 1. The van der Waals surface area contributed by atoms with Gasteiger partial charge in [-0.2, -0.15) is 0 Å². The van der Waals surface area contributed by atoms with Crippen LogP contribution in [0.2, 0.25) is 0 Å². The maximum Gasteiger partial charge on any atom is 0.433 e. The van der Waals surface area contributed by atoms with E-state index in [0.717, 1.165) is 0 Å². The van der Waals surface area contributed by atoms with Crippen LogP contribution in [-0.2, 0) is 0 Å². The molecular weight excluding hydrogens is 150 g/mol. The zero-order chi connectivity index (χ0) is 8.43. The summed E-state index contributed by atoms with van der Waals surface area (Å²) in [5.41, 5.74) is 0. The van der Waals surface area contributed by atoms with Crippen LogP contribution in [0.3, 0.4) is 0 Å². The number of nitrogens with zero attached hydrogens (tertiary/aromatic N) is 1. The first-order chi connectivity index (χ1) is 5.11. The van der Waals surface area contributed by atoms with E-state index in [-0.39, 0.29) is 11.6 Å². The highest BCUT2D eigenvalue weighted by Crippen LogP contribution is 2.20. The molecule has 1 atom stereocenters. The molecule has 0 spiro atoms. The fraction of sp³-hybridized carbons (Fsp3) is 0.333. The SMILES string of the molecule is C[C@@H](O)c1ccc([N+](=O)[O-])o1. The molecular formula is C6H7NO4. The van der Waals surface area contributed by atoms with Crippen LogP contribution in [0, 0.1) is 10.1 Å². The molecule has 5 nitrogen and oxygen atoms in total. The third kappa shape index (κ3) is 1.56. The number of nitro groups is 1. The number of aliphatic hydroxyl groups is 1. The van der Waals surface area contributed by atoms with Gasteiger partial charge < -0.3 is 9.52 Å². The topological polar surface area (TPSA) is 76.5 Å². The van der Waals surface area contributed by atoms with Gasteiger partial charge in [-0.05, 0) is 13.0 Å². The van der Waals surface area contributed by atoms with Gasteiger partial charge in [-0.15, -0.1) is 0 Å². The Kier molecular flexibility index (Phi) is 1.91. The second-order valence-corrected chi connectivity index (χ2v) is 2.11. The summed E-state index contributed by atoms with van der Waals surface area (Å²) >= 11 is 0. The molecule has 1 heterocycles. The van der Waals surface area contributed by atoms with Crippen molar-refractivity contribution in [3.63, 3.8) is 0 Å². The van der Waals surface area contributed by atoms with Gasteiger partial charge >= 0.3 is 5.88 Å². The highest BCUT2D eigenvalue weighted by molar-refractivity contribution is 5.18. The molecule has 1 N–H and O–H groups in total. The molecule has 1 aromatic rings. The molecule has 5 heteroatoms. The average molecular weight is 157 g/mol. The summed E-state index contributed by atoms with van der Waals surface area (Å²) in [5, 5.41) is 19.0. The van der Waals surface area contributed by atoms with Crippen molar-refractivity contribution in [1.29, 1.82) is 0 Å². The summed E-state index contributed by atoms with van der Waals surface area (Å²) < 4.78 is 4.66. The standard InChI is InChI=1S/C6H7NO4/c1-4(8)5-2-3-6(11-5)7(9)10/h2-4,8H,1H3/t4-/m1/s1. The van der Waals surface area contributed by atoms with Crippen molar-refractivity contribution in [1.82, 2.24) is 0 Å².